The van der Waals surface area contributed by atoms with Gasteiger partial charge < -0.3 is 20.1 Å². The van der Waals surface area contributed by atoms with Crippen LogP contribution in [0.25, 0.3) is 0 Å². The number of ketones is 1. The summed E-state index contributed by atoms with van der Waals surface area (Å²) in [5.74, 6) is -1.52. The summed E-state index contributed by atoms with van der Waals surface area (Å²) in [7, 11) is 1.20. The highest BCUT2D eigenvalue weighted by Gasteiger charge is 2.38. The fourth-order valence-electron chi connectivity index (χ4n) is 2.55. The molecule has 1 fully saturated rings. The second-order valence-corrected chi connectivity index (χ2v) is 5.59. The monoisotopic (exact) mass is 328 g/mol. The Labute approximate surface area is 135 Å². The van der Waals surface area contributed by atoms with Crippen molar-refractivity contribution in [2.45, 2.75) is 57.7 Å². The van der Waals surface area contributed by atoms with Crippen molar-refractivity contribution >= 4 is 23.6 Å². The van der Waals surface area contributed by atoms with E-state index in [4.69, 9.17) is 0 Å². The topological polar surface area (TPSA) is 113 Å². The van der Waals surface area contributed by atoms with E-state index < -0.39 is 30.1 Å². The van der Waals surface area contributed by atoms with Crippen LogP contribution in [-0.2, 0) is 23.9 Å². The number of nitrogens with one attached hydrogen (secondary N) is 1. The molecule has 130 valence electrons. The van der Waals surface area contributed by atoms with E-state index in [1.807, 2.05) is 0 Å². The van der Waals surface area contributed by atoms with E-state index in [1.165, 1.54) is 18.9 Å². The second-order valence-electron chi connectivity index (χ2n) is 5.59. The van der Waals surface area contributed by atoms with Crippen LogP contribution in [0, 0.1) is 0 Å². The summed E-state index contributed by atoms with van der Waals surface area (Å²) < 4.78 is 4.64. The molecule has 0 unspecified atom stereocenters. The SMILES string of the molecule is CCC(=O)CC[C@@H](NC(=O)[C@@H]1C[C@@H](O)CN1C(C)=O)C(=O)OC. The number of Topliss-reactive ketones (excluding diaryl/α,β-unsaturated/α-hetero) is 1. The Hall–Kier alpha value is -1.96. The molecule has 2 amide bonds. The number of aliphatic hydroxyl groups is 1. The van der Waals surface area contributed by atoms with Gasteiger partial charge in [0.2, 0.25) is 11.8 Å². The Bertz CT molecular complexity index is 479. The molecule has 0 spiro atoms. The first-order valence-electron chi connectivity index (χ1n) is 7.65. The minimum atomic E-state index is -0.949. The van der Waals surface area contributed by atoms with Gasteiger partial charge >= 0.3 is 5.97 Å². The largest absolute Gasteiger partial charge is 0.467 e. The zero-order valence-electron chi connectivity index (χ0n) is 13.7. The molecule has 0 bridgehead atoms. The van der Waals surface area contributed by atoms with Gasteiger partial charge in [-0.05, 0) is 6.42 Å². The average molecular weight is 328 g/mol. The number of likely N-dealkylation sites (tertiary alicyclic amines) is 1. The number of methoxy groups -OCH3 is 1. The third-order valence-corrected chi connectivity index (χ3v) is 3.89. The van der Waals surface area contributed by atoms with E-state index >= 15 is 0 Å². The predicted octanol–water partition coefficient (Wildman–Crippen LogP) is -0.615. The van der Waals surface area contributed by atoms with Crippen molar-refractivity contribution in [3.8, 4) is 0 Å². The summed E-state index contributed by atoms with van der Waals surface area (Å²) in [6, 6.07) is -1.77. The molecule has 8 nitrogen and oxygen atoms in total. The number of hydrogen-bond acceptors (Lipinski definition) is 6. The lowest BCUT2D eigenvalue weighted by atomic mass is 10.1. The van der Waals surface area contributed by atoms with Crippen LogP contribution in [0.2, 0.25) is 0 Å². The van der Waals surface area contributed by atoms with Crippen molar-refractivity contribution < 1.29 is 29.0 Å². The zero-order chi connectivity index (χ0) is 17.6. The summed E-state index contributed by atoms with van der Waals surface area (Å²) in [6.45, 7) is 3.12. The van der Waals surface area contributed by atoms with Gasteiger partial charge in [-0.15, -0.1) is 0 Å². The molecule has 8 heteroatoms. The van der Waals surface area contributed by atoms with Gasteiger partial charge in [-0.1, -0.05) is 6.92 Å². The van der Waals surface area contributed by atoms with E-state index in [0.717, 1.165) is 0 Å². The van der Waals surface area contributed by atoms with Gasteiger partial charge in [-0.2, -0.15) is 0 Å². The van der Waals surface area contributed by atoms with E-state index in [-0.39, 0.29) is 37.5 Å². The number of amides is 2. The highest BCUT2D eigenvalue weighted by molar-refractivity contribution is 5.91. The number of nitrogens with zero attached hydrogens (tertiary/aromatic N) is 1. The molecule has 0 saturated carbocycles. The normalized spacial score (nSPS) is 21.7. The maximum absolute atomic E-state index is 12.3. The van der Waals surface area contributed by atoms with Gasteiger partial charge in [0, 0.05) is 32.7 Å². The Balaban J connectivity index is 2.73. The molecule has 0 aromatic rings. The molecule has 1 heterocycles. The smallest absolute Gasteiger partial charge is 0.328 e. The molecule has 0 aliphatic carbocycles. The van der Waals surface area contributed by atoms with Crippen LogP contribution in [0.3, 0.4) is 0 Å². The number of esters is 1. The molecular formula is C15H24N2O6. The number of rotatable bonds is 7. The Kier molecular flexibility index (Phi) is 7.15. The molecule has 0 radical (unpaired) electrons. The van der Waals surface area contributed by atoms with Gasteiger partial charge in [-0.25, -0.2) is 4.79 Å². The van der Waals surface area contributed by atoms with Crippen molar-refractivity contribution in [2.24, 2.45) is 0 Å². The first kappa shape index (κ1) is 19.1. The Morgan fingerprint density at radius 2 is 2.00 bits per heavy atom. The number of aliphatic hydroxyl groups excluding tert-OH is 1. The third kappa shape index (κ3) is 5.31. The molecule has 0 aromatic heterocycles. The van der Waals surface area contributed by atoms with Gasteiger partial charge in [0.1, 0.15) is 17.9 Å². The van der Waals surface area contributed by atoms with Gasteiger partial charge in [0.05, 0.1) is 13.2 Å². The maximum Gasteiger partial charge on any atom is 0.328 e. The molecule has 23 heavy (non-hydrogen) atoms. The quantitative estimate of drug-likeness (QED) is 0.603. The van der Waals surface area contributed by atoms with Crippen molar-refractivity contribution in [1.29, 1.82) is 0 Å². The number of carbonyl (C=O) groups is 4. The third-order valence-electron chi connectivity index (χ3n) is 3.89. The number of β-amino-alcohol motifs (C(OH)–C–C–N with tert-alkyl or cyclic N) is 1. The molecule has 0 aromatic carbocycles. The van der Waals surface area contributed by atoms with E-state index in [0.29, 0.717) is 6.42 Å². The van der Waals surface area contributed by atoms with Crippen molar-refractivity contribution in [3.05, 3.63) is 0 Å². The Morgan fingerprint density at radius 3 is 2.52 bits per heavy atom. The highest BCUT2D eigenvalue weighted by atomic mass is 16.5. The van der Waals surface area contributed by atoms with Crippen LogP contribution in [-0.4, -0.2) is 65.4 Å². The molecule has 1 saturated heterocycles. The number of hydrogen-bond donors (Lipinski definition) is 2. The summed E-state index contributed by atoms with van der Waals surface area (Å²) in [4.78, 5) is 48.3. The summed E-state index contributed by atoms with van der Waals surface area (Å²) in [5.41, 5.74) is 0. The van der Waals surface area contributed by atoms with Crippen LogP contribution >= 0.6 is 0 Å². The number of ether oxygens (including phenoxy) is 1. The fraction of sp³-hybridized carbons (Fsp3) is 0.733. The van der Waals surface area contributed by atoms with Crippen LogP contribution in [0.5, 0.6) is 0 Å². The molecule has 1 aliphatic rings. The molecule has 1 rings (SSSR count). The van der Waals surface area contributed by atoms with Crippen LogP contribution < -0.4 is 5.32 Å². The van der Waals surface area contributed by atoms with Gasteiger partial charge in [0.15, 0.2) is 0 Å². The summed E-state index contributed by atoms with van der Waals surface area (Å²) >= 11 is 0. The van der Waals surface area contributed by atoms with E-state index in [9.17, 15) is 24.3 Å². The second kappa shape index (κ2) is 8.61. The molecule has 3 atom stereocenters. The maximum atomic E-state index is 12.3. The van der Waals surface area contributed by atoms with Gasteiger partial charge in [-0.3, -0.25) is 14.4 Å². The molecular weight excluding hydrogens is 304 g/mol. The summed E-state index contributed by atoms with van der Waals surface area (Å²) in [6.07, 6.45) is -0.00394. The van der Waals surface area contributed by atoms with Crippen LogP contribution in [0.4, 0.5) is 0 Å². The van der Waals surface area contributed by atoms with E-state index in [1.54, 1.807) is 6.92 Å². The van der Waals surface area contributed by atoms with Crippen molar-refractivity contribution in [3.63, 3.8) is 0 Å². The first-order chi connectivity index (χ1) is 10.8. The van der Waals surface area contributed by atoms with Crippen LogP contribution in [0.1, 0.15) is 39.5 Å². The average Bonchev–Trinajstić information content (AvgIpc) is 2.92. The van der Waals surface area contributed by atoms with Gasteiger partial charge in [0.25, 0.3) is 0 Å². The minimum Gasteiger partial charge on any atom is -0.467 e. The number of carbonyl (C=O) groups excluding carboxylic acids is 4. The van der Waals surface area contributed by atoms with E-state index in [2.05, 4.69) is 10.1 Å². The predicted molar refractivity (Wildman–Crippen MR) is 80.3 cm³/mol. The lowest BCUT2D eigenvalue weighted by Crippen LogP contribution is -2.50. The summed E-state index contributed by atoms with van der Waals surface area (Å²) in [5, 5.41) is 12.2. The van der Waals surface area contributed by atoms with Crippen molar-refractivity contribution in [1.82, 2.24) is 10.2 Å². The molecule has 2 N–H and O–H groups in total. The highest BCUT2D eigenvalue weighted by Crippen LogP contribution is 2.18. The van der Waals surface area contributed by atoms with Crippen LogP contribution in [0.15, 0.2) is 0 Å². The lowest BCUT2D eigenvalue weighted by Gasteiger charge is -2.24. The lowest BCUT2D eigenvalue weighted by molar-refractivity contribution is -0.146. The first-order valence-corrected chi connectivity index (χ1v) is 7.65. The van der Waals surface area contributed by atoms with Crippen molar-refractivity contribution in [2.75, 3.05) is 13.7 Å². The molecule has 1 aliphatic heterocycles. The zero-order valence-corrected chi connectivity index (χ0v) is 13.7. The Morgan fingerprint density at radius 1 is 1.35 bits per heavy atom. The standard InChI is InChI=1S/C15H24N2O6/c1-4-10(19)5-6-12(15(22)23-3)16-14(21)13-7-11(20)8-17(13)9(2)18/h11-13,20H,4-8H2,1-3H3,(H,16,21)/t11-,12-,13+/m1/s1. The fourth-order valence-corrected chi connectivity index (χ4v) is 2.55. The minimum absolute atomic E-state index is 0.0187.